The third-order valence-corrected chi connectivity index (χ3v) is 11.0. The van der Waals surface area contributed by atoms with E-state index in [1.54, 1.807) is 36.4 Å². The molecule has 0 atom stereocenters. The summed E-state index contributed by atoms with van der Waals surface area (Å²) in [6.45, 7) is 3.32. The molecule has 1 aliphatic carbocycles. The molecule has 38 heavy (non-hydrogen) atoms. The van der Waals surface area contributed by atoms with Gasteiger partial charge in [0.1, 0.15) is 5.75 Å². The molecule has 1 N–H and O–H groups in total. The van der Waals surface area contributed by atoms with E-state index in [2.05, 4.69) is 5.32 Å². The van der Waals surface area contributed by atoms with E-state index in [9.17, 15) is 21.6 Å². The van der Waals surface area contributed by atoms with Crippen LogP contribution in [0.15, 0.2) is 58.3 Å². The van der Waals surface area contributed by atoms with Gasteiger partial charge in [0, 0.05) is 25.7 Å². The number of ether oxygens (including phenoxy) is 1. The highest BCUT2D eigenvalue weighted by molar-refractivity contribution is 7.89. The number of sulfonamides is 2. The van der Waals surface area contributed by atoms with Crippen LogP contribution in [0.5, 0.6) is 5.75 Å². The van der Waals surface area contributed by atoms with Gasteiger partial charge in [0.15, 0.2) is 0 Å². The van der Waals surface area contributed by atoms with Crippen molar-refractivity contribution in [1.29, 1.82) is 0 Å². The Hall–Kier alpha value is -2.47. The molecule has 0 aromatic heterocycles. The lowest BCUT2D eigenvalue weighted by molar-refractivity contribution is -0.121. The number of hydrogen-bond acceptors (Lipinski definition) is 6. The summed E-state index contributed by atoms with van der Waals surface area (Å²) in [5.41, 5.74) is 0.734. The monoisotopic (exact) mass is 563 g/mol. The van der Waals surface area contributed by atoms with Gasteiger partial charge in [-0.15, -0.1) is 0 Å². The summed E-state index contributed by atoms with van der Waals surface area (Å²) in [4.78, 5) is 13.3. The summed E-state index contributed by atoms with van der Waals surface area (Å²) in [6.07, 6.45) is 6.09. The third-order valence-electron chi connectivity index (χ3n) is 7.14. The molecule has 1 aliphatic heterocycles. The highest BCUT2D eigenvalue weighted by atomic mass is 32.2. The Kier molecular flexibility index (Phi) is 9.45. The van der Waals surface area contributed by atoms with Gasteiger partial charge in [0.25, 0.3) is 0 Å². The van der Waals surface area contributed by atoms with Crippen LogP contribution in [0, 0.1) is 0 Å². The second-order valence-electron chi connectivity index (χ2n) is 9.78. The fourth-order valence-electron chi connectivity index (χ4n) is 5.04. The molecule has 0 spiro atoms. The number of carbonyl (C=O) groups is 1. The van der Waals surface area contributed by atoms with Crippen LogP contribution >= 0.6 is 0 Å². The van der Waals surface area contributed by atoms with Crippen molar-refractivity contribution >= 4 is 26.0 Å². The van der Waals surface area contributed by atoms with Crippen molar-refractivity contribution in [2.24, 2.45) is 0 Å². The van der Waals surface area contributed by atoms with Crippen molar-refractivity contribution in [3.63, 3.8) is 0 Å². The quantitative estimate of drug-likeness (QED) is 0.448. The predicted molar refractivity (Wildman–Crippen MR) is 145 cm³/mol. The molecule has 1 heterocycles. The summed E-state index contributed by atoms with van der Waals surface area (Å²) in [7, 11) is -7.39. The molecule has 2 aromatic rings. The first-order valence-electron chi connectivity index (χ1n) is 13.3. The van der Waals surface area contributed by atoms with Crippen molar-refractivity contribution in [1.82, 2.24) is 13.9 Å². The smallest absolute Gasteiger partial charge is 0.243 e. The van der Waals surface area contributed by atoms with Crippen LogP contribution in [0.25, 0.3) is 0 Å². The maximum absolute atomic E-state index is 13.6. The van der Waals surface area contributed by atoms with Crippen LogP contribution in [0.1, 0.15) is 57.4 Å². The summed E-state index contributed by atoms with van der Waals surface area (Å²) in [5.74, 6) is 0.187. The molecule has 208 valence electrons. The Balaban J connectivity index is 1.42. The Labute approximate surface area is 226 Å². The normalized spacial score (nSPS) is 17.5. The SMILES string of the molecule is CCOc1ccc(S(=O)(=O)N(CC(=O)NCc2ccc(S(=O)(=O)N3CCCC3)cc2)C2CCCCC2)cc1. The van der Waals surface area contributed by atoms with Crippen LogP contribution in [0.2, 0.25) is 0 Å². The van der Waals surface area contributed by atoms with E-state index in [-0.39, 0.29) is 28.9 Å². The number of benzene rings is 2. The number of amides is 1. The van der Waals surface area contributed by atoms with Crippen molar-refractivity contribution in [3.05, 3.63) is 54.1 Å². The second-order valence-corrected chi connectivity index (χ2v) is 13.6. The number of hydrogen-bond donors (Lipinski definition) is 1. The van der Waals surface area contributed by atoms with Gasteiger partial charge >= 0.3 is 0 Å². The number of carbonyl (C=O) groups excluding carboxylic acids is 1. The largest absolute Gasteiger partial charge is 0.494 e. The molecule has 2 fully saturated rings. The van der Waals surface area contributed by atoms with E-state index < -0.39 is 26.0 Å². The van der Waals surface area contributed by atoms with Gasteiger partial charge in [-0.05, 0) is 74.6 Å². The Bertz CT molecular complexity index is 1280. The van der Waals surface area contributed by atoms with E-state index >= 15 is 0 Å². The lowest BCUT2D eigenvalue weighted by Crippen LogP contribution is -2.46. The van der Waals surface area contributed by atoms with Crippen molar-refractivity contribution in [2.75, 3.05) is 26.2 Å². The van der Waals surface area contributed by atoms with E-state index in [0.29, 0.717) is 25.4 Å². The second kappa shape index (κ2) is 12.6. The standard InChI is InChI=1S/C27H37N3O6S2/c1-2-36-24-12-16-26(17-13-24)38(34,35)30(23-8-4-3-5-9-23)21-27(31)28-20-22-10-14-25(15-11-22)37(32,33)29-18-6-7-19-29/h10-17,23H,2-9,18-21H2,1H3,(H,28,31). The highest BCUT2D eigenvalue weighted by Gasteiger charge is 2.34. The lowest BCUT2D eigenvalue weighted by Gasteiger charge is -2.33. The van der Waals surface area contributed by atoms with Crippen LogP contribution in [-0.4, -0.2) is 63.6 Å². The first-order chi connectivity index (χ1) is 18.2. The van der Waals surface area contributed by atoms with Gasteiger partial charge in [-0.25, -0.2) is 16.8 Å². The van der Waals surface area contributed by atoms with Crippen molar-refractivity contribution in [2.45, 2.75) is 74.2 Å². The maximum Gasteiger partial charge on any atom is 0.243 e. The van der Waals surface area contributed by atoms with E-state index in [1.807, 2.05) is 6.92 Å². The zero-order chi connectivity index (χ0) is 27.2. The molecule has 1 saturated heterocycles. The lowest BCUT2D eigenvalue weighted by atomic mass is 9.95. The molecule has 1 amide bonds. The van der Waals surface area contributed by atoms with E-state index in [4.69, 9.17) is 4.74 Å². The Morgan fingerprint density at radius 2 is 1.50 bits per heavy atom. The molecule has 1 saturated carbocycles. The van der Waals surface area contributed by atoms with Gasteiger partial charge in [-0.2, -0.15) is 8.61 Å². The average Bonchev–Trinajstić information content (AvgIpc) is 3.48. The van der Waals surface area contributed by atoms with Gasteiger partial charge in [0.2, 0.25) is 26.0 Å². The maximum atomic E-state index is 13.6. The summed E-state index contributed by atoms with van der Waals surface area (Å²) in [5, 5.41) is 2.81. The molecule has 0 radical (unpaired) electrons. The molecule has 9 nitrogen and oxygen atoms in total. The van der Waals surface area contributed by atoms with Crippen LogP contribution < -0.4 is 10.1 Å². The van der Waals surface area contributed by atoms with Crippen LogP contribution in [0.3, 0.4) is 0 Å². The minimum atomic E-state index is -3.90. The van der Waals surface area contributed by atoms with Crippen LogP contribution in [-0.2, 0) is 31.4 Å². The zero-order valence-electron chi connectivity index (χ0n) is 21.8. The fourth-order valence-corrected chi connectivity index (χ4v) is 8.20. The molecule has 2 aromatic carbocycles. The molecule has 2 aliphatic rings. The van der Waals surface area contributed by atoms with E-state index in [1.165, 1.54) is 20.7 Å². The number of rotatable bonds is 11. The summed E-state index contributed by atoms with van der Waals surface area (Å²) < 4.78 is 60.9. The first kappa shape index (κ1) is 28.5. The Morgan fingerprint density at radius 3 is 2.11 bits per heavy atom. The first-order valence-corrected chi connectivity index (χ1v) is 16.2. The third kappa shape index (κ3) is 6.74. The molecular weight excluding hydrogens is 526 g/mol. The Morgan fingerprint density at radius 1 is 0.895 bits per heavy atom. The van der Waals surface area contributed by atoms with Crippen molar-refractivity contribution < 1.29 is 26.4 Å². The molecular formula is C27H37N3O6S2. The zero-order valence-corrected chi connectivity index (χ0v) is 23.5. The molecule has 0 bridgehead atoms. The highest BCUT2D eigenvalue weighted by Crippen LogP contribution is 2.28. The average molecular weight is 564 g/mol. The molecule has 11 heteroatoms. The number of nitrogens with one attached hydrogen (secondary N) is 1. The van der Waals surface area contributed by atoms with Gasteiger partial charge in [-0.3, -0.25) is 4.79 Å². The predicted octanol–water partition coefficient (Wildman–Crippen LogP) is 3.51. The van der Waals surface area contributed by atoms with Gasteiger partial charge in [0.05, 0.1) is 22.9 Å². The molecule has 4 rings (SSSR count). The minimum Gasteiger partial charge on any atom is -0.494 e. The van der Waals surface area contributed by atoms with Crippen LogP contribution in [0.4, 0.5) is 0 Å². The fraction of sp³-hybridized carbons (Fsp3) is 0.519. The van der Waals surface area contributed by atoms with Gasteiger partial charge < -0.3 is 10.1 Å². The molecule has 0 unspecified atom stereocenters. The summed E-state index contributed by atoms with van der Waals surface area (Å²) in [6, 6.07) is 12.5. The summed E-state index contributed by atoms with van der Waals surface area (Å²) >= 11 is 0. The van der Waals surface area contributed by atoms with Gasteiger partial charge in [-0.1, -0.05) is 31.4 Å². The topological polar surface area (TPSA) is 113 Å². The number of nitrogens with zero attached hydrogens (tertiary/aromatic N) is 2. The van der Waals surface area contributed by atoms with E-state index in [0.717, 1.165) is 50.5 Å². The van der Waals surface area contributed by atoms with Crippen molar-refractivity contribution in [3.8, 4) is 5.75 Å². The minimum absolute atomic E-state index is 0.133.